The molecule has 2 heterocycles. The third-order valence-electron chi connectivity index (χ3n) is 5.00. The molecule has 0 aliphatic carbocycles. The minimum Gasteiger partial charge on any atom is -0.394 e. The van der Waals surface area contributed by atoms with Crippen LogP contribution in [0.15, 0.2) is 35.4 Å². The highest BCUT2D eigenvalue weighted by atomic mass is 35.5. The quantitative estimate of drug-likeness (QED) is 0.616. The monoisotopic (exact) mass is 442 g/mol. The number of aryl methyl sites for hydroxylation is 2. The van der Waals surface area contributed by atoms with Crippen LogP contribution >= 0.6 is 11.6 Å². The van der Waals surface area contributed by atoms with E-state index >= 15 is 0 Å². The van der Waals surface area contributed by atoms with E-state index in [0.717, 1.165) is 25.0 Å². The molecule has 0 saturated carbocycles. The molecule has 3 rings (SSSR count). The highest BCUT2D eigenvalue weighted by molar-refractivity contribution is 7.89. The van der Waals surface area contributed by atoms with Gasteiger partial charge in [0, 0.05) is 12.7 Å². The Morgan fingerprint density at radius 3 is 2.86 bits per heavy atom. The van der Waals surface area contributed by atoms with Crippen molar-refractivity contribution in [3.05, 3.63) is 41.2 Å². The number of sulfonamides is 1. The molecule has 1 saturated heterocycles. The second-order valence-electron chi connectivity index (χ2n) is 7.23. The van der Waals surface area contributed by atoms with Crippen LogP contribution in [0.25, 0.3) is 0 Å². The van der Waals surface area contributed by atoms with Gasteiger partial charge in [0.25, 0.3) is 0 Å². The molecule has 8 nitrogen and oxygen atoms in total. The Labute approximate surface area is 176 Å². The van der Waals surface area contributed by atoms with Crippen molar-refractivity contribution in [1.29, 1.82) is 0 Å². The van der Waals surface area contributed by atoms with Crippen LogP contribution in [0.1, 0.15) is 38.3 Å². The Bertz CT molecular complexity index is 905. The van der Waals surface area contributed by atoms with Crippen LogP contribution in [0.3, 0.4) is 0 Å². The van der Waals surface area contributed by atoms with Crippen molar-refractivity contribution in [1.82, 2.24) is 19.7 Å². The van der Waals surface area contributed by atoms with Crippen molar-refractivity contribution in [3.63, 3.8) is 0 Å². The van der Waals surface area contributed by atoms with Gasteiger partial charge in [0.05, 0.1) is 35.6 Å². The number of nitrogens with one attached hydrogen (secondary N) is 1. The molecule has 10 heteroatoms. The van der Waals surface area contributed by atoms with E-state index in [4.69, 9.17) is 16.3 Å². The van der Waals surface area contributed by atoms with Gasteiger partial charge in [-0.25, -0.2) is 13.1 Å². The number of aromatic nitrogens is 3. The van der Waals surface area contributed by atoms with Gasteiger partial charge in [0.15, 0.2) is 0 Å². The van der Waals surface area contributed by atoms with Crippen molar-refractivity contribution in [3.8, 4) is 0 Å². The van der Waals surface area contributed by atoms with Gasteiger partial charge in [-0.05, 0) is 37.8 Å². The lowest BCUT2D eigenvalue weighted by molar-refractivity contribution is -0.0891. The Kier molecular flexibility index (Phi) is 7.64. The summed E-state index contributed by atoms with van der Waals surface area (Å²) in [5.41, 5.74) is 0.972. The van der Waals surface area contributed by atoms with Gasteiger partial charge in [0.2, 0.25) is 10.0 Å². The molecule has 29 heavy (non-hydrogen) atoms. The summed E-state index contributed by atoms with van der Waals surface area (Å²) in [6.45, 7) is 2.49. The van der Waals surface area contributed by atoms with Gasteiger partial charge in [-0.2, -0.15) is 0 Å². The van der Waals surface area contributed by atoms with Gasteiger partial charge in [-0.3, -0.25) is 4.68 Å². The van der Waals surface area contributed by atoms with Gasteiger partial charge in [-0.15, -0.1) is 5.10 Å². The second kappa shape index (κ2) is 9.99. The predicted octanol–water partition coefficient (Wildman–Crippen LogP) is 2.16. The second-order valence-corrected chi connectivity index (χ2v) is 9.32. The molecular weight excluding hydrogens is 416 g/mol. The topological polar surface area (TPSA) is 106 Å². The number of halogens is 1. The molecule has 0 bridgehead atoms. The van der Waals surface area contributed by atoms with Crippen molar-refractivity contribution in [2.24, 2.45) is 0 Å². The molecule has 2 aromatic rings. The molecule has 0 amide bonds. The molecule has 1 aliphatic heterocycles. The molecule has 0 spiro atoms. The highest BCUT2D eigenvalue weighted by Crippen LogP contribution is 2.26. The third kappa shape index (κ3) is 5.76. The molecule has 1 fully saturated rings. The van der Waals surface area contributed by atoms with E-state index in [1.54, 1.807) is 16.8 Å². The SMILES string of the molecule is CCCc1cn(CC[C@@H]2CC[C@H](NS(=O)(=O)c3ccccc3Cl)[C@H](CO)O2)nn1. The number of aliphatic hydroxyl groups is 1. The summed E-state index contributed by atoms with van der Waals surface area (Å²) in [6, 6.07) is 5.76. The lowest BCUT2D eigenvalue weighted by Crippen LogP contribution is -2.51. The van der Waals surface area contributed by atoms with Crippen LogP contribution in [0.4, 0.5) is 0 Å². The first-order valence-corrected chi connectivity index (χ1v) is 11.7. The van der Waals surface area contributed by atoms with Gasteiger partial charge >= 0.3 is 0 Å². The Morgan fingerprint density at radius 1 is 1.34 bits per heavy atom. The maximum Gasteiger partial charge on any atom is 0.242 e. The minimum atomic E-state index is -3.80. The number of hydrogen-bond donors (Lipinski definition) is 2. The van der Waals surface area contributed by atoms with E-state index in [1.165, 1.54) is 12.1 Å². The van der Waals surface area contributed by atoms with Crippen molar-refractivity contribution in [2.45, 2.75) is 68.7 Å². The molecule has 1 aliphatic rings. The zero-order valence-electron chi connectivity index (χ0n) is 16.4. The molecule has 1 aromatic heterocycles. The first-order valence-electron chi connectivity index (χ1n) is 9.85. The molecule has 0 radical (unpaired) electrons. The van der Waals surface area contributed by atoms with E-state index in [-0.39, 0.29) is 22.6 Å². The van der Waals surface area contributed by atoms with Crippen molar-refractivity contribution in [2.75, 3.05) is 6.61 Å². The van der Waals surface area contributed by atoms with E-state index in [1.807, 2.05) is 6.20 Å². The summed E-state index contributed by atoms with van der Waals surface area (Å²) in [6.07, 6.45) is 5.14. The average molecular weight is 443 g/mol. The maximum absolute atomic E-state index is 12.7. The number of rotatable bonds is 9. The molecule has 160 valence electrons. The smallest absolute Gasteiger partial charge is 0.242 e. The molecular formula is C19H27ClN4O4S. The summed E-state index contributed by atoms with van der Waals surface area (Å²) in [7, 11) is -3.80. The molecule has 3 atom stereocenters. The Hall–Kier alpha value is -1.52. The number of aliphatic hydroxyl groups excluding tert-OH is 1. The van der Waals surface area contributed by atoms with E-state index in [0.29, 0.717) is 19.4 Å². The third-order valence-corrected chi connectivity index (χ3v) is 6.99. The van der Waals surface area contributed by atoms with Crippen LogP contribution in [-0.4, -0.2) is 53.4 Å². The summed E-state index contributed by atoms with van der Waals surface area (Å²) < 4.78 is 35.8. The average Bonchev–Trinajstić information content (AvgIpc) is 3.15. The fourth-order valence-electron chi connectivity index (χ4n) is 3.50. The molecule has 2 N–H and O–H groups in total. The molecule has 1 aromatic carbocycles. The number of benzene rings is 1. The Morgan fingerprint density at radius 2 is 2.14 bits per heavy atom. The van der Waals surface area contributed by atoms with Gasteiger partial charge in [-0.1, -0.05) is 42.3 Å². The van der Waals surface area contributed by atoms with Crippen LogP contribution in [0.5, 0.6) is 0 Å². The summed E-state index contributed by atoms with van der Waals surface area (Å²) >= 11 is 6.03. The van der Waals surface area contributed by atoms with E-state index < -0.39 is 22.2 Å². The number of ether oxygens (including phenoxy) is 1. The summed E-state index contributed by atoms with van der Waals surface area (Å²) in [5, 5.41) is 18.1. The number of hydrogen-bond acceptors (Lipinski definition) is 6. The van der Waals surface area contributed by atoms with Crippen LogP contribution in [0.2, 0.25) is 5.02 Å². The lowest BCUT2D eigenvalue weighted by atomic mass is 9.98. The van der Waals surface area contributed by atoms with E-state index in [2.05, 4.69) is 22.0 Å². The van der Waals surface area contributed by atoms with Crippen molar-refractivity contribution >= 4 is 21.6 Å². The van der Waals surface area contributed by atoms with Crippen LogP contribution in [0, 0.1) is 0 Å². The highest BCUT2D eigenvalue weighted by Gasteiger charge is 2.34. The van der Waals surface area contributed by atoms with Crippen LogP contribution in [-0.2, 0) is 27.7 Å². The summed E-state index contributed by atoms with van der Waals surface area (Å²) in [5.74, 6) is 0. The van der Waals surface area contributed by atoms with Crippen LogP contribution < -0.4 is 4.72 Å². The fraction of sp³-hybridized carbons (Fsp3) is 0.579. The lowest BCUT2D eigenvalue weighted by Gasteiger charge is -2.36. The summed E-state index contributed by atoms with van der Waals surface area (Å²) in [4.78, 5) is 0.0227. The first-order chi connectivity index (χ1) is 13.9. The largest absolute Gasteiger partial charge is 0.394 e. The fourth-order valence-corrected chi connectivity index (χ4v) is 5.32. The predicted molar refractivity (Wildman–Crippen MR) is 109 cm³/mol. The maximum atomic E-state index is 12.7. The van der Waals surface area contributed by atoms with E-state index in [9.17, 15) is 13.5 Å². The number of nitrogens with zero attached hydrogens (tertiary/aromatic N) is 3. The Balaban J connectivity index is 1.57. The normalized spacial score (nSPS) is 22.7. The van der Waals surface area contributed by atoms with Crippen molar-refractivity contribution < 1.29 is 18.3 Å². The minimum absolute atomic E-state index is 0.0227. The van der Waals surface area contributed by atoms with Gasteiger partial charge < -0.3 is 9.84 Å². The zero-order valence-corrected chi connectivity index (χ0v) is 17.9. The van der Waals surface area contributed by atoms with Gasteiger partial charge in [0.1, 0.15) is 4.90 Å². The zero-order chi connectivity index (χ0) is 20.9. The first kappa shape index (κ1) is 22.2. The molecule has 0 unspecified atom stereocenters. The standard InChI is InChI=1S/C19H27ClN4O4S/c1-2-5-14-12-24(23-21-14)11-10-15-8-9-17(18(13-25)28-15)22-29(26,27)19-7-4-3-6-16(19)20/h3-4,6-7,12,15,17-18,22,25H,2,5,8-11,13H2,1H3/t15-,17-,18-/m0/s1.